The maximum atomic E-state index is 6.05. The molecule has 0 saturated carbocycles. The van der Waals surface area contributed by atoms with Crippen LogP contribution in [0.15, 0.2) is 46.8 Å². The number of thiazole rings is 1. The third kappa shape index (κ3) is 3.83. The van der Waals surface area contributed by atoms with E-state index in [-0.39, 0.29) is 0 Å². The van der Waals surface area contributed by atoms with Crippen molar-refractivity contribution in [2.75, 3.05) is 12.4 Å². The molecular weight excluding hydrogens is 345 g/mol. The molecule has 0 bridgehead atoms. The summed E-state index contributed by atoms with van der Waals surface area (Å²) in [4.78, 5) is 4.57. The van der Waals surface area contributed by atoms with E-state index in [4.69, 9.17) is 27.9 Å². The van der Waals surface area contributed by atoms with Crippen LogP contribution in [-0.2, 0) is 0 Å². The van der Waals surface area contributed by atoms with Crippen molar-refractivity contribution < 1.29 is 4.74 Å². The van der Waals surface area contributed by atoms with Gasteiger partial charge in [0.1, 0.15) is 5.75 Å². The van der Waals surface area contributed by atoms with Crippen LogP contribution in [0.3, 0.4) is 0 Å². The predicted molar refractivity (Wildman–Crippen MR) is 92.3 cm³/mol. The van der Waals surface area contributed by atoms with E-state index in [0.717, 1.165) is 15.6 Å². The maximum Gasteiger partial charge on any atom is 0.151 e. The van der Waals surface area contributed by atoms with Gasteiger partial charge in [-0.2, -0.15) is 0 Å². The Bertz CT molecular complexity index is 727. The largest absolute Gasteiger partial charge is 0.491 e. The second-order valence-electron chi connectivity index (χ2n) is 4.22. The van der Waals surface area contributed by atoms with Gasteiger partial charge in [0.25, 0.3) is 0 Å². The van der Waals surface area contributed by atoms with Gasteiger partial charge in [-0.05, 0) is 30.3 Å². The molecule has 0 aliphatic carbocycles. The Kier molecular flexibility index (Phi) is 4.91. The summed E-state index contributed by atoms with van der Waals surface area (Å²) in [6.07, 6.45) is 0. The fourth-order valence-electron chi connectivity index (χ4n) is 1.79. The Hall–Kier alpha value is -0.940. The van der Waals surface area contributed by atoms with E-state index in [1.165, 1.54) is 4.70 Å². The SMILES string of the molecule is Clc1ccc(OCCSc2nc3ccccc3s2)c(Cl)c1. The van der Waals surface area contributed by atoms with E-state index >= 15 is 0 Å². The number of benzene rings is 2. The number of halogens is 2. The molecule has 3 rings (SSSR count). The molecule has 0 unspecified atom stereocenters. The van der Waals surface area contributed by atoms with Crippen LogP contribution in [-0.4, -0.2) is 17.3 Å². The van der Waals surface area contributed by atoms with Crippen LogP contribution >= 0.6 is 46.3 Å². The second-order valence-corrected chi connectivity index (χ2v) is 7.44. The Balaban J connectivity index is 1.54. The van der Waals surface area contributed by atoms with Crippen molar-refractivity contribution in [3.8, 4) is 5.75 Å². The van der Waals surface area contributed by atoms with E-state index in [9.17, 15) is 0 Å². The predicted octanol–water partition coefficient (Wildman–Crippen LogP) is 5.77. The molecule has 108 valence electrons. The van der Waals surface area contributed by atoms with Crippen LogP contribution < -0.4 is 4.74 Å². The second kappa shape index (κ2) is 6.88. The molecule has 1 heterocycles. The normalized spacial score (nSPS) is 11.0. The Morgan fingerprint density at radius 1 is 1.14 bits per heavy atom. The van der Waals surface area contributed by atoms with Crippen LogP contribution in [0.4, 0.5) is 0 Å². The van der Waals surface area contributed by atoms with E-state index in [1.54, 1.807) is 41.3 Å². The molecule has 0 aliphatic rings. The summed E-state index contributed by atoms with van der Waals surface area (Å²) in [7, 11) is 0. The highest BCUT2D eigenvalue weighted by molar-refractivity contribution is 8.01. The fraction of sp³-hybridized carbons (Fsp3) is 0.133. The van der Waals surface area contributed by atoms with Crippen molar-refractivity contribution in [2.45, 2.75) is 4.34 Å². The number of nitrogens with zero attached hydrogens (tertiary/aromatic N) is 1. The van der Waals surface area contributed by atoms with E-state index in [2.05, 4.69) is 11.1 Å². The molecule has 2 aromatic carbocycles. The van der Waals surface area contributed by atoms with Crippen molar-refractivity contribution in [3.63, 3.8) is 0 Å². The lowest BCUT2D eigenvalue weighted by Crippen LogP contribution is -2.00. The molecule has 0 atom stereocenters. The van der Waals surface area contributed by atoms with Crippen molar-refractivity contribution >= 4 is 56.5 Å². The van der Waals surface area contributed by atoms with Gasteiger partial charge in [0.15, 0.2) is 4.34 Å². The topological polar surface area (TPSA) is 22.1 Å². The Morgan fingerprint density at radius 3 is 2.81 bits per heavy atom. The van der Waals surface area contributed by atoms with Gasteiger partial charge in [0, 0.05) is 10.8 Å². The van der Waals surface area contributed by atoms with Crippen molar-refractivity contribution in [2.24, 2.45) is 0 Å². The molecule has 0 radical (unpaired) electrons. The summed E-state index contributed by atoms with van der Waals surface area (Å²) in [6, 6.07) is 13.4. The summed E-state index contributed by atoms with van der Waals surface area (Å²) in [6.45, 7) is 0.571. The summed E-state index contributed by atoms with van der Waals surface area (Å²) in [5, 5.41) is 1.14. The van der Waals surface area contributed by atoms with Crippen LogP contribution in [0, 0.1) is 0 Å². The minimum Gasteiger partial charge on any atom is -0.491 e. The van der Waals surface area contributed by atoms with Gasteiger partial charge in [-0.25, -0.2) is 4.98 Å². The smallest absolute Gasteiger partial charge is 0.151 e. The molecule has 0 amide bonds. The first kappa shape index (κ1) is 15.0. The Morgan fingerprint density at radius 2 is 2.00 bits per heavy atom. The number of hydrogen-bond donors (Lipinski definition) is 0. The first-order valence-electron chi connectivity index (χ1n) is 6.28. The standard InChI is InChI=1S/C15H11Cl2NOS2/c16-10-5-6-13(11(17)9-10)19-7-8-20-15-18-12-3-1-2-4-14(12)21-15/h1-6,9H,7-8H2. The molecule has 0 saturated heterocycles. The lowest BCUT2D eigenvalue weighted by atomic mass is 10.3. The highest BCUT2D eigenvalue weighted by Gasteiger charge is 2.05. The number of para-hydroxylation sites is 1. The highest BCUT2D eigenvalue weighted by Crippen LogP contribution is 2.30. The molecular formula is C15H11Cl2NOS2. The third-order valence-electron chi connectivity index (χ3n) is 2.73. The van der Waals surface area contributed by atoms with Gasteiger partial charge in [-0.15, -0.1) is 11.3 Å². The number of fused-ring (bicyclic) bond motifs is 1. The molecule has 0 aliphatic heterocycles. The number of ether oxygens (including phenoxy) is 1. The van der Waals surface area contributed by atoms with Gasteiger partial charge in [-0.1, -0.05) is 47.1 Å². The van der Waals surface area contributed by atoms with E-state index in [0.29, 0.717) is 22.4 Å². The zero-order valence-corrected chi connectivity index (χ0v) is 14.0. The van der Waals surface area contributed by atoms with Gasteiger partial charge >= 0.3 is 0 Å². The molecule has 0 fully saturated rings. The summed E-state index contributed by atoms with van der Waals surface area (Å²) < 4.78 is 7.92. The quantitative estimate of drug-likeness (QED) is 0.428. The van der Waals surface area contributed by atoms with Crippen molar-refractivity contribution in [3.05, 3.63) is 52.5 Å². The van der Waals surface area contributed by atoms with Gasteiger partial charge in [0.05, 0.1) is 21.8 Å². The first-order chi connectivity index (χ1) is 10.2. The molecule has 1 aromatic heterocycles. The van der Waals surface area contributed by atoms with Crippen molar-refractivity contribution in [1.29, 1.82) is 0 Å². The molecule has 0 spiro atoms. The monoisotopic (exact) mass is 355 g/mol. The average molecular weight is 356 g/mol. The number of hydrogen-bond acceptors (Lipinski definition) is 4. The Labute approximate surface area is 141 Å². The van der Waals surface area contributed by atoms with E-state index < -0.39 is 0 Å². The third-order valence-corrected chi connectivity index (χ3v) is 5.41. The zero-order chi connectivity index (χ0) is 14.7. The van der Waals surface area contributed by atoms with E-state index in [1.807, 2.05) is 18.2 Å². The summed E-state index contributed by atoms with van der Waals surface area (Å²) >= 11 is 15.3. The highest BCUT2D eigenvalue weighted by atomic mass is 35.5. The fourth-order valence-corrected chi connectivity index (χ4v) is 4.20. The van der Waals surface area contributed by atoms with Gasteiger partial charge < -0.3 is 4.74 Å². The average Bonchev–Trinajstić information content (AvgIpc) is 2.88. The van der Waals surface area contributed by atoms with Crippen LogP contribution in [0.1, 0.15) is 0 Å². The van der Waals surface area contributed by atoms with Crippen LogP contribution in [0.2, 0.25) is 10.0 Å². The molecule has 6 heteroatoms. The minimum absolute atomic E-state index is 0.535. The first-order valence-corrected chi connectivity index (χ1v) is 8.84. The number of aromatic nitrogens is 1. The maximum absolute atomic E-state index is 6.05. The summed E-state index contributed by atoms with van der Waals surface area (Å²) in [5.74, 6) is 1.48. The van der Waals surface area contributed by atoms with Gasteiger partial charge in [0.2, 0.25) is 0 Å². The lowest BCUT2D eigenvalue weighted by molar-refractivity contribution is 0.344. The number of thioether (sulfide) groups is 1. The van der Waals surface area contributed by atoms with Crippen LogP contribution in [0.25, 0.3) is 10.2 Å². The lowest BCUT2D eigenvalue weighted by Gasteiger charge is -2.07. The molecule has 0 N–H and O–H groups in total. The summed E-state index contributed by atoms with van der Waals surface area (Å²) in [5.41, 5.74) is 1.05. The van der Waals surface area contributed by atoms with Crippen molar-refractivity contribution in [1.82, 2.24) is 4.98 Å². The molecule has 2 nitrogen and oxygen atoms in total. The minimum atomic E-state index is 0.535. The van der Waals surface area contributed by atoms with Crippen LogP contribution in [0.5, 0.6) is 5.75 Å². The number of rotatable bonds is 5. The molecule has 21 heavy (non-hydrogen) atoms. The zero-order valence-electron chi connectivity index (χ0n) is 10.9. The van der Waals surface area contributed by atoms with Gasteiger partial charge in [-0.3, -0.25) is 0 Å². The molecule has 3 aromatic rings.